The molecule has 1 amide bonds. The van der Waals surface area contributed by atoms with Gasteiger partial charge in [-0.05, 0) is 42.4 Å². The summed E-state index contributed by atoms with van der Waals surface area (Å²) >= 11 is 0. The van der Waals surface area contributed by atoms with Gasteiger partial charge >= 0.3 is 0 Å². The molecule has 0 unspecified atom stereocenters. The summed E-state index contributed by atoms with van der Waals surface area (Å²) in [5, 5.41) is 12.1. The molecule has 0 spiro atoms. The van der Waals surface area contributed by atoms with Crippen molar-refractivity contribution in [1.29, 1.82) is 5.26 Å². The summed E-state index contributed by atoms with van der Waals surface area (Å²) in [7, 11) is 0. The quantitative estimate of drug-likeness (QED) is 0.896. The minimum atomic E-state index is -0.812. The first-order chi connectivity index (χ1) is 8.97. The van der Waals surface area contributed by atoms with E-state index in [1.54, 1.807) is 0 Å². The van der Waals surface area contributed by atoms with Crippen LogP contribution in [0.25, 0.3) is 0 Å². The molecular formula is C16H20N2O. The zero-order valence-electron chi connectivity index (χ0n) is 11.7. The Balaban J connectivity index is 2.11. The molecule has 19 heavy (non-hydrogen) atoms. The molecular weight excluding hydrogens is 236 g/mol. The summed E-state index contributed by atoms with van der Waals surface area (Å²) in [4.78, 5) is 12.2. The van der Waals surface area contributed by atoms with E-state index in [0.29, 0.717) is 24.7 Å². The Morgan fingerprint density at radius 2 is 2.16 bits per heavy atom. The van der Waals surface area contributed by atoms with Gasteiger partial charge in [-0.2, -0.15) is 5.26 Å². The van der Waals surface area contributed by atoms with Crippen molar-refractivity contribution in [2.24, 2.45) is 11.3 Å². The van der Waals surface area contributed by atoms with Crippen LogP contribution in [0.3, 0.4) is 0 Å². The van der Waals surface area contributed by atoms with Gasteiger partial charge in [0, 0.05) is 5.69 Å². The van der Waals surface area contributed by atoms with E-state index in [4.69, 9.17) is 0 Å². The second-order valence-electron chi connectivity index (χ2n) is 5.94. The van der Waals surface area contributed by atoms with E-state index in [9.17, 15) is 10.1 Å². The standard InChI is InChI=1S/C16H20N2O/c1-11(2)13-5-4-6-14(7-13)18-15(19)16(10-17)8-12(3)9-16/h4-7,11-12H,8-9H2,1-3H3,(H,18,19). The number of benzene rings is 1. The van der Waals surface area contributed by atoms with Crippen molar-refractivity contribution in [3.05, 3.63) is 29.8 Å². The SMILES string of the molecule is CC1CC(C#N)(C(=O)Nc2cccc(C(C)C)c2)C1. The largest absolute Gasteiger partial charge is 0.325 e. The van der Waals surface area contributed by atoms with Crippen molar-refractivity contribution in [3.8, 4) is 6.07 Å². The molecule has 1 N–H and O–H groups in total. The van der Waals surface area contributed by atoms with Crippen molar-refractivity contribution in [3.63, 3.8) is 0 Å². The number of nitrogens with one attached hydrogen (secondary N) is 1. The fourth-order valence-corrected chi connectivity index (χ4v) is 2.68. The number of nitriles is 1. The average Bonchev–Trinajstić information content (AvgIpc) is 2.34. The third-order valence-electron chi connectivity index (χ3n) is 3.85. The predicted molar refractivity (Wildman–Crippen MR) is 75.6 cm³/mol. The van der Waals surface area contributed by atoms with Gasteiger partial charge < -0.3 is 5.32 Å². The third kappa shape index (κ3) is 2.63. The summed E-state index contributed by atoms with van der Waals surface area (Å²) in [5.41, 5.74) is 1.16. The number of amides is 1. The Bertz CT molecular complexity index is 522. The summed E-state index contributed by atoms with van der Waals surface area (Å²) in [5.74, 6) is 0.729. The number of anilines is 1. The second kappa shape index (κ2) is 5.05. The Labute approximate surface area is 114 Å². The maximum atomic E-state index is 12.2. The molecule has 1 aliphatic rings. The van der Waals surface area contributed by atoms with Gasteiger partial charge in [0.25, 0.3) is 0 Å². The number of rotatable bonds is 3. The number of carbonyl (C=O) groups is 1. The van der Waals surface area contributed by atoms with Crippen LogP contribution in [0.1, 0.15) is 45.1 Å². The molecule has 1 fully saturated rings. The number of hydrogen-bond acceptors (Lipinski definition) is 2. The highest BCUT2D eigenvalue weighted by Crippen LogP contribution is 2.45. The van der Waals surface area contributed by atoms with Crippen molar-refractivity contribution < 1.29 is 4.79 Å². The third-order valence-corrected chi connectivity index (χ3v) is 3.85. The first kappa shape index (κ1) is 13.6. The number of carbonyl (C=O) groups excluding carboxylic acids is 1. The molecule has 3 nitrogen and oxygen atoms in total. The van der Waals surface area contributed by atoms with Gasteiger partial charge in [-0.1, -0.05) is 32.9 Å². The highest BCUT2D eigenvalue weighted by Gasteiger charge is 2.48. The summed E-state index contributed by atoms with van der Waals surface area (Å²) in [6.45, 7) is 6.30. The molecule has 3 heteroatoms. The van der Waals surface area contributed by atoms with E-state index < -0.39 is 5.41 Å². The summed E-state index contributed by atoms with van der Waals surface area (Å²) in [6, 6.07) is 10.0. The van der Waals surface area contributed by atoms with Gasteiger partial charge in [0.15, 0.2) is 0 Å². The molecule has 1 saturated carbocycles. The van der Waals surface area contributed by atoms with Gasteiger partial charge in [-0.15, -0.1) is 0 Å². The van der Waals surface area contributed by atoms with E-state index in [0.717, 1.165) is 5.69 Å². The van der Waals surface area contributed by atoms with E-state index >= 15 is 0 Å². The maximum absolute atomic E-state index is 12.2. The van der Waals surface area contributed by atoms with Crippen LogP contribution in [0.2, 0.25) is 0 Å². The molecule has 1 aliphatic carbocycles. The van der Waals surface area contributed by atoms with Crippen LogP contribution >= 0.6 is 0 Å². The zero-order chi connectivity index (χ0) is 14.0. The van der Waals surface area contributed by atoms with Crippen molar-refractivity contribution >= 4 is 11.6 Å². The van der Waals surface area contributed by atoms with Crippen LogP contribution in [0.4, 0.5) is 5.69 Å². The lowest BCUT2D eigenvalue weighted by molar-refractivity contribution is -0.128. The van der Waals surface area contributed by atoms with E-state index in [-0.39, 0.29) is 5.91 Å². The average molecular weight is 256 g/mol. The molecule has 0 saturated heterocycles. The molecule has 0 aliphatic heterocycles. The molecule has 2 rings (SSSR count). The Kier molecular flexibility index (Phi) is 3.61. The lowest BCUT2D eigenvalue weighted by Crippen LogP contribution is -2.45. The summed E-state index contributed by atoms with van der Waals surface area (Å²) in [6.07, 6.45) is 1.33. The van der Waals surface area contributed by atoms with E-state index in [1.807, 2.05) is 24.3 Å². The molecule has 0 atom stereocenters. The minimum Gasteiger partial charge on any atom is -0.325 e. The molecule has 100 valence electrons. The van der Waals surface area contributed by atoms with Crippen molar-refractivity contribution in [2.75, 3.05) is 5.32 Å². The number of nitrogens with zero attached hydrogens (tertiary/aromatic N) is 1. The highest BCUT2D eigenvalue weighted by atomic mass is 16.2. The van der Waals surface area contributed by atoms with Gasteiger partial charge in [-0.3, -0.25) is 4.79 Å². The topological polar surface area (TPSA) is 52.9 Å². The fraction of sp³-hybridized carbons (Fsp3) is 0.500. The Morgan fingerprint density at radius 3 is 2.68 bits per heavy atom. The van der Waals surface area contributed by atoms with Crippen LogP contribution in [0.15, 0.2) is 24.3 Å². The second-order valence-corrected chi connectivity index (χ2v) is 5.94. The molecule has 0 heterocycles. The Morgan fingerprint density at radius 1 is 1.47 bits per heavy atom. The van der Waals surface area contributed by atoms with Gasteiger partial charge in [-0.25, -0.2) is 0 Å². The fourth-order valence-electron chi connectivity index (χ4n) is 2.68. The first-order valence-electron chi connectivity index (χ1n) is 6.79. The van der Waals surface area contributed by atoms with Crippen LogP contribution in [-0.4, -0.2) is 5.91 Å². The smallest absolute Gasteiger partial charge is 0.244 e. The van der Waals surface area contributed by atoms with Gasteiger partial charge in [0.2, 0.25) is 5.91 Å². The van der Waals surface area contributed by atoms with Crippen molar-refractivity contribution in [2.45, 2.75) is 39.5 Å². The van der Waals surface area contributed by atoms with Gasteiger partial charge in [0.1, 0.15) is 5.41 Å². The Hall–Kier alpha value is -1.82. The zero-order valence-corrected chi connectivity index (χ0v) is 11.7. The van der Waals surface area contributed by atoms with Crippen LogP contribution in [0, 0.1) is 22.7 Å². The van der Waals surface area contributed by atoms with Crippen LogP contribution < -0.4 is 5.32 Å². The maximum Gasteiger partial charge on any atom is 0.244 e. The molecule has 0 radical (unpaired) electrons. The van der Waals surface area contributed by atoms with Gasteiger partial charge in [0.05, 0.1) is 6.07 Å². The predicted octanol–water partition coefficient (Wildman–Crippen LogP) is 3.69. The molecule has 0 bridgehead atoms. The van der Waals surface area contributed by atoms with Crippen LogP contribution in [-0.2, 0) is 4.79 Å². The monoisotopic (exact) mass is 256 g/mol. The normalized spacial score (nSPS) is 25.5. The van der Waals surface area contributed by atoms with E-state index in [2.05, 4.69) is 32.2 Å². The lowest BCUT2D eigenvalue weighted by atomic mass is 9.63. The highest BCUT2D eigenvalue weighted by molar-refractivity contribution is 5.98. The van der Waals surface area contributed by atoms with Crippen molar-refractivity contribution in [1.82, 2.24) is 0 Å². The lowest BCUT2D eigenvalue weighted by Gasteiger charge is -2.39. The molecule has 1 aromatic rings. The van der Waals surface area contributed by atoms with E-state index in [1.165, 1.54) is 5.56 Å². The van der Waals surface area contributed by atoms with Crippen LogP contribution in [0.5, 0.6) is 0 Å². The minimum absolute atomic E-state index is 0.158. The molecule has 0 aromatic heterocycles. The summed E-state index contributed by atoms with van der Waals surface area (Å²) < 4.78 is 0. The first-order valence-corrected chi connectivity index (χ1v) is 6.79. The molecule has 1 aromatic carbocycles. The number of hydrogen-bond donors (Lipinski definition) is 1.